The van der Waals surface area contributed by atoms with Gasteiger partial charge in [0.15, 0.2) is 0 Å². The Labute approximate surface area is 172 Å². The highest BCUT2D eigenvalue weighted by Gasteiger charge is 2.31. The summed E-state index contributed by atoms with van der Waals surface area (Å²) < 4.78 is 5.64. The van der Waals surface area contributed by atoms with Crippen LogP contribution in [0.4, 0.5) is 0 Å². The first-order chi connectivity index (χ1) is 13.4. The smallest absolute Gasteiger partial charge is 0.306 e. The molecule has 5 heteroatoms. The first kappa shape index (κ1) is 20.7. The molecule has 1 heterocycles. The number of halogens is 1. The van der Waals surface area contributed by atoms with Gasteiger partial charge in [-0.05, 0) is 61.2 Å². The van der Waals surface area contributed by atoms with Gasteiger partial charge < -0.3 is 9.84 Å². The van der Waals surface area contributed by atoms with Gasteiger partial charge in [0.25, 0.3) is 0 Å². The van der Waals surface area contributed by atoms with Crippen molar-refractivity contribution < 1.29 is 14.6 Å². The summed E-state index contributed by atoms with van der Waals surface area (Å²) in [4.78, 5) is 13.7. The van der Waals surface area contributed by atoms with Gasteiger partial charge in [-0.25, -0.2) is 0 Å². The van der Waals surface area contributed by atoms with E-state index in [2.05, 4.69) is 43.0 Å². The average molecular weight is 402 g/mol. The van der Waals surface area contributed by atoms with Crippen LogP contribution in [0.25, 0.3) is 0 Å². The van der Waals surface area contributed by atoms with Gasteiger partial charge in [-0.1, -0.05) is 49.7 Å². The second kappa shape index (κ2) is 8.97. The molecule has 3 rings (SSSR count). The Morgan fingerprint density at radius 3 is 2.25 bits per heavy atom. The maximum atomic E-state index is 11.4. The molecule has 150 valence electrons. The van der Waals surface area contributed by atoms with E-state index in [9.17, 15) is 9.90 Å². The number of carboxylic acids is 1. The number of carboxylic acid groups (broad SMARTS) is 1. The SMILES string of the molecule is COc1ccc(Cl)cc1C(c1ccc(C(C)C)cc1)N1CCC(C(=O)O)CC1. The zero-order chi connectivity index (χ0) is 20.3. The van der Waals surface area contributed by atoms with Crippen molar-refractivity contribution in [2.24, 2.45) is 5.92 Å². The Morgan fingerprint density at radius 2 is 1.71 bits per heavy atom. The summed E-state index contributed by atoms with van der Waals surface area (Å²) in [5, 5.41) is 10.0. The number of carbonyl (C=O) groups is 1. The van der Waals surface area contributed by atoms with Gasteiger partial charge in [0.05, 0.1) is 19.1 Å². The molecule has 0 bridgehead atoms. The van der Waals surface area contributed by atoms with Crippen molar-refractivity contribution >= 4 is 17.6 Å². The zero-order valence-electron chi connectivity index (χ0n) is 16.7. The van der Waals surface area contributed by atoms with Crippen molar-refractivity contribution in [2.75, 3.05) is 20.2 Å². The highest BCUT2D eigenvalue weighted by atomic mass is 35.5. The third-order valence-electron chi connectivity index (χ3n) is 5.65. The minimum Gasteiger partial charge on any atom is -0.496 e. The summed E-state index contributed by atoms with van der Waals surface area (Å²) in [5.41, 5.74) is 3.48. The molecular weight excluding hydrogens is 374 g/mol. The Kier molecular flexibility index (Phi) is 6.63. The zero-order valence-corrected chi connectivity index (χ0v) is 17.4. The number of likely N-dealkylation sites (tertiary alicyclic amines) is 1. The number of piperidine rings is 1. The lowest BCUT2D eigenvalue weighted by Gasteiger charge is -2.37. The van der Waals surface area contributed by atoms with E-state index in [1.807, 2.05) is 18.2 Å². The van der Waals surface area contributed by atoms with Crippen molar-refractivity contribution in [2.45, 2.75) is 38.6 Å². The van der Waals surface area contributed by atoms with Crippen molar-refractivity contribution in [3.8, 4) is 5.75 Å². The molecule has 0 saturated carbocycles. The highest BCUT2D eigenvalue weighted by Crippen LogP contribution is 2.38. The normalized spacial score (nSPS) is 16.9. The first-order valence-corrected chi connectivity index (χ1v) is 10.2. The van der Waals surface area contributed by atoms with Crippen LogP contribution in [-0.2, 0) is 4.79 Å². The summed E-state index contributed by atoms with van der Waals surface area (Å²) in [6, 6.07) is 14.4. The number of aliphatic carboxylic acids is 1. The minimum atomic E-state index is -0.696. The maximum Gasteiger partial charge on any atom is 0.306 e. The molecule has 2 aromatic carbocycles. The number of rotatable bonds is 6. The van der Waals surface area contributed by atoms with Crippen molar-refractivity contribution in [1.29, 1.82) is 0 Å². The monoisotopic (exact) mass is 401 g/mol. The Morgan fingerprint density at radius 1 is 1.11 bits per heavy atom. The molecule has 28 heavy (non-hydrogen) atoms. The third-order valence-corrected chi connectivity index (χ3v) is 5.88. The number of benzene rings is 2. The lowest BCUT2D eigenvalue weighted by Crippen LogP contribution is -2.39. The minimum absolute atomic E-state index is 0.0235. The third kappa shape index (κ3) is 4.50. The highest BCUT2D eigenvalue weighted by molar-refractivity contribution is 6.30. The molecule has 1 saturated heterocycles. The molecule has 4 nitrogen and oxygen atoms in total. The van der Waals surface area contributed by atoms with Crippen molar-refractivity contribution in [1.82, 2.24) is 4.90 Å². The number of ether oxygens (including phenoxy) is 1. The molecule has 0 radical (unpaired) electrons. The van der Waals surface area contributed by atoms with Crippen LogP contribution in [0.3, 0.4) is 0 Å². The van der Waals surface area contributed by atoms with Crippen LogP contribution in [0.5, 0.6) is 5.75 Å². The van der Waals surface area contributed by atoms with Gasteiger partial charge in [0.1, 0.15) is 5.75 Å². The summed E-state index contributed by atoms with van der Waals surface area (Å²) >= 11 is 6.32. The molecule has 2 aromatic rings. The van der Waals surface area contributed by atoms with Gasteiger partial charge in [0.2, 0.25) is 0 Å². The van der Waals surface area contributed by atoms with E-state index in [1.54, 1.807) is 7.11 Å². The van der Waals surface area contributed by atoms with E-state index in [-0.39, 0.29) is 12.0 Å². The molecular formula is C23H28ClNO3. The lowest BCUT2D eigenvalue weighted by atomic mass is 9.90. The van der Waals surface area contributed by atoms with Crippen molar-refractivity contribution in [3.63, 3.8) is 0 Å². The van der Waals surface area contributed by atoms with Crippen LogP contribution in [0.15, 0.2) is 42.5 Å². The topological polar surface area (TPSA) is 49.8 Å². The average Bonchev–Trinajstić information content (AvgIpc) is 2.69. The van der Waals surface area contributed by atoms with Crippen molar-refractivity contribution in [3.05, 3.63) is 64.2 Å². The fourth-order valence-electron chi connectivity index (χ4n) is 3.97. The molecule has 0 spiro atoms. The van der Waals surface area contributed by atoms with Gasteiger partial charge in [0, 0.05) is 10.6 Å². The largest absolute Gasteiger partial charge is 0.496 e. The van der Waals surface area contributed by atoms with E-state index >= 15 is 0 Å². The number of methoxy groups -OCH3 is 1. The Balaban J connectivity index is 2.00. The van der Waals surface area contributed by atoms with Crippen LogP contribution in [-0.4, -0.2) is 36.2 Å². The molecule has 0 aromatic heterocycles. The molecule has 1 unspecified atom stereocenters. The number of hydrogen-bond donors (Lipinski definition) is 1. The second-order valence-corrected chi connectivity index (χ2v) is 8.20. The van der Waals surface area contributed by atoms with E-state index in [0.29, 0.717) is 23.8 Å². The number of hydrogen-bond acceptors (Lipinski definition) is 3. The maximum absolute atomic E-state index is 11.4. The molecule has 0 amide bonds. The van der Waals surface area contributed by atoms with Gasteiger partial charge in [-0.15, -0.1) is 0 Å². The summed E-state index contributed by atoms with van der Waals surface area (Å²) in [6.45, 7) is 5.82. The molecule has 1 atom stereocenters. The molecule has 1 aliphatic rings. The molecule has 0 aliphatic carbocycles. The fourth-order valence-corrected chi connectivity index (χ4v) is 4.15. The number of nitrogens with zero attached hydrogens (tertiary/aromatic N) is 1. The molecule has 1 aliphatic heterocycles. The Hall–Kier alpha value is -2.04. The van der Waals surface area contributed by atoms with Gasteiger partial charge in [-0.2, -0.15) is 0 Å². The van der Waals surface area contributed by atoms with Crippen LogP contribution in [0.2, 0.25) is 5.02 Å². The van der Waals surface area contributed by atoms with E-state index < -0.39 is 5.97 Å². The fraction of sp³-hybridized carbons (Fsp3) is 0.435. The van der Waals surface area contributed by atoms with E-state index in [0.717, 1.165) is 24.4 Å². The van der Waals surface area contributed by atoms with Crippen LogP contribution in [0.1, 0.15) is 55.3 Å². The summed E-state index contributed by atoms with van der Waals surface area (Å²) in [7, 11) is 1.67. The van der Waals surface area contributed by atoms with E-state index in [4.69, 9.17) is 16.3 Å². The van der Waals surface area contributed by atoms with E-state index in [1.165, 1.54) is 11.1 Å². The molecule has 1 fully saturated rings. The quantitative estimate of drug-likeness (QED) is 0.708. The standard InChI is InChI=1S/C23H28ClNO3/c1-15(2)16-4-6-17(7-5-16)22(20-14-19(24)8-9-21(20)28-3)25-12-10-18(11-13-25)23(26)27/h4-9,14-15,18,22H,10-13H2,1-3H3,(H,26,27). The second-order valence-electron chi connectivity index (χ2n) is 7.76. The predicted molar refractivity (Wildman–Crippen MR) is 112 cm³/mol. The summed E-state index contributed by atoms with van der Waals surface area (Å²) in [5.74, 6) is 0.307. The lowest BCUT2D eigenvalue weighted by molar-refractivity contribution is -0.143. The van der Waals surface area contributed by atoms with Crippen LogP contribution < -0.4 is 4.74 Å². The molecule has 1 N–H and O–H groups in total. The first-order valence-electron chi connectivity index (χ1n) is 9.81. The predicted octanol–water partition coefficient (Wildman–Crippen LogP) is 5.36. The van der Waals surface area contributed by atoms with Gasteiger partial charge >= 0.3 is 5.97 Å². The summed E-state index contributed by atoms with van der Waals surface area (Å²) in [6.07, 6.45) is 1.30. The van der Waals surface area contributed by atoms with Crippen LogP contribution in [0, 0.1) is 5.92 Å². The Bertz CT molecular complexity index is 811. The van der Waals surface area contributed by atoms with Crippen LogP contribution >= 0.6 is 11.6 Å². The van der Waals surface area contributed by atoms with Gasteiger partial charge in [-0.3, -0.25) is 9.69 Å².